The van der Waals surface area contributed by atoms with Crippen LogP contribution in [0.1, 0.15) is 26.3 Å². The summed E-state index contributed by atoms with van der Waals surface area (Å²) in [6.45, 7) is 0. The van der Waals surface area contributed by atoms with E-state index >= 15 is 0 Å². The number of carbonyl (C=O) groups excluding carboxylic acids is 2. The molecule has 0 unspecified atom stereocenters. The minimum Gasteiger partial charge on any atom is -0.399 e. The summed E-state index contributed by atoms with van der Waals surface area (Å²) in [5.74, 6) is -0.373. The lowest BCUT2D eigenvalue weighted by Gasteiger charge is -2.11. The molecule has 1 amide bonds. The summed E-state index contributed by atoms with van der Waals surface area (Å²) in [7, 11) is -3.92. The highest BCUT2D eigenvalue weighted by Crippen LogP contribution is 2.27. The molecule has 0 saturated heterocycles. The van der Waals surface area contributed by atoms with Gasteiger partial charge >= 0.3 is 0 Å². The molecule has 8 nitrogen and oxygen atoms in total. The van der Waals surface area contributed by atoms with Gasteiger partial charge in [0.15, 0.2) is 5.78 Å². The Morgan fingerprint density at radius 3 is 2.33 bits per heavy atom. The van der Waals surface area contributed by atoms with Gasteiger partial charge < -0.3 is 11.1 Å². The first kappa shape index (κ1) is 25.1. The van der Waals surface area contributed by atoms with E-state index in [1.807, 2.05) is 0 Å². The summed E-state index contributed by atoms with van der Waals surface area (Å²) in [6.07, 6.45) is 1.34. The number of pyridine rings is 1. The number of rotatable bonds is 7. The van der Waals surface area contributed by atoms with E-state index in [-0.39, 0.29) is 22.7 Å². The van der Waals surface area contributed by atoms with E-state index < -0.39 is 15.9 Å². The van der Waals surface area contributed by atoms with E-state index in [2.05, 4.69) is 10.3 Å². The van der Waals surface area contributed by atoms with Gasteiger partial charge in [-0.25, -0.2) is 18.5 Å². The lowest BCUT2D eigenvalue weighted by molar-refractivity contribution is 0.0992. The summed E-state index contributed by atoms with van der Waals surface area (Å²) >= 11 is 5.84. The predicted molar refractivity (Wildman–Crippen MR) is 139 cm³/mol. The molecule has 4 rings (SSSR count). The van der Waals surface area contributed by atoms with Crippen LogP contribution < -0.4 is 16.2 Å². The van der Waals surface area contributed by atoms with E-state index in [0.29, 0.717) is 38.8 Å². The van der Waals surface area contributed by atoms with Crippen molar-refractivity contribution in [2.24, 2.45) is 5.14 Å². The number of anilines is 2. The zero-order chi connectivity index (χ0) is 25.9. The third-order valence-electron chi connectivity index (χ3n) is 5.41. The van der Waals surface area contributed by atoms with Crippen molar-refractivity contribution in [1.82, 2.24) is 4.98 Å². The molecule has 10 heteroatoms. The molecular weight excluding hydrogens is 500 g/mol. The third-order valence-corrected chi connectivity index (χ3v) is 6.60. The van der Waals surface area contributed by atoms with E-state index in [9.17, 15) is 18.0 Å². The van der Waals surface area contributed by atoms with Crippen molar-refractivity contribution in [2.75, 3.05) is 11.1 Å². The Morgan fingerprint density at radius 2 is 1.67 bits per heavy atom. The average Bonchev–Trinajstić information content (AvgIpc) is 2.85. The van der Waals surface area contributed by atoms with Gasteiger partial charge in [0.1, 0.15) is 5.82 Å². The Balaban J connectivity index is 1.57. The summed E-state index contributed by atoms with van der Waals surface area (Å²) < 4.78 is 23.8. The molecule has 0 fully saturated rings. The van der Waals surface area contributed by atoms with Crippen LogP contribution in [0, 0.1) is 0 Å². The van der Waals surface area contributed by atoms with Crippen molar-refractivity contribution in [3.63, 3.8) is 0 Å². The smallest absolute Gasteiger partial charge is 0.257 e. The number of sulfonamides is 1. The van der Waals surface area contributed by atoms with Gasteiger partial charge in [-0.15, -0.1) is 0 Å². The van der Waals surface area contributed by atoms with Crippen molar-refractivity contribution in [3.05, 3.63) is 107 Å². The van der Waals surface area contributed by atoms with Gasteiger partial charge in [0, 0.05) is 35.0 Å². The number of hydrogen-bond donors (Lipinski definition) is 3. The monoisotopic (exact) mass is 520 g/mol. The molecule has 1 aromatic heterocycles. The second-order valence-electron chi connectivity index (χ2n) is 7.95. The number of ketones is 1. The Labute approximate surface area is 213 Å². The van der Waals surface area contributed by atoms with Crippen LogP contribution >= 0.6 is 11.6 Å². The minimum atomic E-state index is -3.92. The molecule has 5 N–H and O–H groups in total. The SMILES string of the molecule is Nc1ccc(C(=O)Nc2ccc(Cl)cn2)c(CC(=O)c2ccc(-c3ccccc3S(N)(=O)=O)cc2)c1. The molecule has 4 aromatic rings. The lowest BCUT2D eigenvalue weighted by atomic mass is 9.96. The number of nitrogen functional groups attached to an aromatic ring is 1. The molecule has 0 atom stereocenters. The molecule has 0 spiro atoms. The minimum absolute atomic E-state index is 0.00494. The summed E-state index contributed by atoms with van der Waals surface area (Å²) in [4.78, 5) is 30.0. The Kier molecular flexibility index (Phi) is 7.16. The van der Waals surface area contributed by atoms with E-state index in [1.165, 1.54) is 12.3 Å². The number of halogens is 1. The lowest BCUT2D eigenvalue weighted by Crippen LogP contribution is -2.17. The summed E-state index contributed by atoms with van der Waals surface area (Å²) in [6, 6.07) is 20.7. The zero-order valence-corrected chi connectivity index (χ0v) is 20.4. The van der Waals surface area contributed by atoms with Crippen molar-refractivity contribution in [3.8, 4) is 11.1 Å². The molecule has 36 heavy (non-hydrogen) atoms. The van der Waals surface area contributed by atoms with Gasteiger partial charge in [-0.05, 0) is 47.5 Å². The fourth-order valence-electron chi connectivity index (χ4n) is 3.68. The van der Waals surface area contributed by atoms with Crippen LogP contribution in [0.15, 0.2) is 90.0 Å². The largest absolute Gasteiger partial charge is 0.399 e. The molecule has 0 aliphatic heterocycles. The topological polar surface area (TPSA) is 145 Å². The normalized spacial score (nSPS) is 11.2. The van der Waals surface area contributed by atoms with Crippen LogP contribution in [-0.2, 0) is 16.4 Å². The molecule has 3 aromatic carbocycles. The number of aromatic nitrogens is 1. The first-order valence-electron chi connectivity index (χ1n) is 10.7. The number of nitrogens with two attached hydrogens (primary N) is 2. The summed E-state index contributed by atoms with van der Waals surface area (Å²) in [5.41, 5.74) is 8.48. The van der Waals surface area contributed by atoms with Crippen molar-refractivity contribution >= 4 is 44.8 Å². The number of nitrogens with one attached hydrogen (secondary N) is 1. The van der Waals surface area contributed by atoms with Gasteiger partial charge in [0.05, 0.1) is 9.92 Å². The molecule has 0 aliphatic rings. The number of primary sulfonamides is 1. The maximum atomic E-state index is 13.1. The Morgan fingerprint density at radius 1 is 0.944 bits per heavy atom. The fourth-order valence-corrected chi connectivity index (χ4v) is 4.55. The number of carbonyl (C=O) groups is 2. The number of nitrogens with zero attached hydrogens (tertiary/aromatic N) is 1. The first-order chi connectivity index (χ1) is 17.1. The van der Waals surface area contributed by atoms with Crippen molar-refractivity contribution in [1.29, 1.82) is 0 Å². The van der Waals surface area contributed by atoms with Crippen LogP contribution in [0.2, 0.25) is 5.02 Å². The maximum Gasteiger partial charge on any atom is 0.257 e. The molecule has 0 bridgehead atoms. The molecule has 1 heterocycles. The number of benzene rings is 3. The average molecular weight is 521 g/mol. The standard InChI is InChI=1S/C26H21ClN4O4S/c27-19-9-12-25(30-15-19)31-26(33)22-11-10-20(28)13-18(22)14-23(32)17-7-5-16(6-8-17)21-3-1-2-4-24(21)36(29,34)35/h1-13,15H,14,28H2,(H2,29,34,35)(H,30,31,33). The van der Waals surface area contributed by atoms with E-state index in [4.69, 9.17) is 22.5 Å². The Bertz CT molecular complexity index is 1550. The van der Waals surface area contributed by atoms with Gasteiger partial charge in [0.25, 0.3) is 5.91 Å². The number of hydrogen-bond acceptors (Lipinski definition) is 6. The van der Waals surface area contributed by atoms with Gasteiger partial charge in [-0.2, -0.15) is 0 Å². The van der Waals surface area contributed by atoms with Crippen LogP contribution in [-0.4, -0.2) is 25.1 Å². The number of amides is 1. The second kappa shape index (κ2) is 10.3. The highest BCUT2D eigenvalue weighted by Gasteiger charge is 2.18. The predicted octanol–water partition coefficient (Wildman–Crippen LogP) is 4.31. The first-order valence-corrected chi connectivity index (χ1v) is 12.6. The van der Waals surface area contributed by atoms with Crippen molar-refractivity contribution in [2.45, 2.75) is 11.3 Å². The fraction of sp³-hybridized carbons (Fsp3) is 0.0385. The Hall–Kier alpha value is -4.05. The number of Topliss-reactive ketones (excluding diaryl/α,β-unsaturated/α-hetero) is 1. The molecule has 0 radical (unpaired) electrons. The van der Waals surface area contributed by atoms with E-state index in [1.54, 1.807) is 72.8 Å². The van der Waals surface area contributed by atoms with E-state index in [0.717, 1.165) is 0 Å². The van der Waals surface area contributed by atoms with Crippen molar-refractivity contribution < 1.29 is 18.0 Å². The molecule has 0 saturated carbocycles. The molecular formula is C26H21ClN4O4S. The zero-order valence-electron chi connectivity index (χ0n) is 18.8. The van der Waals surface area contributed by atoms with Crippen LogP contribution in [0.5, 0.6) is 0 Å². The summed E-state index contributed by atoms with van der Waals surface area (Å²) in [5, 5.41) is 8.45. The quantitative estimate of drug-likeness (QED) is 0.244. The second-order valence-corrected chi connectivity index (χ2v) is 9.92. The van der Waals surface area contributed by atoms with Crippen LogP contribution in [0.25, 0.3) is 11.1 Å². The third kappa shape index (κ3) is 5.77. The highest BCUT2D eigenvalue weighted by atomic mass is 35.5. The molecule has 0 aliphatic carbocycles. The van der Waals surface area contributed by atoms with Gasteiger partial charge in [-0.3, -0.25) is 9.59 Å². The maximum absolute atomic E-state index is 13.1. The molecule has 182 valence electrons. The highest BCUT2D eigenvalue weighted by molar-refractivity contribution is 7.89. The van der Waals surface area contributed by atoms with Crippen LogP contribution in [0.3, 0.4) is 0 Å². The van der Waals surface area contributed by atoms with Gasteiger partial charge in [-0.1, -0.05) is 54.1 Å². The van der Waals surface area contributed by atoms with Crippen LogP contribution in [0.4, 0.5) is 11.5 Å². The van der Waals surface area contributed by atoms with Gasteiger partial charge in [0.2, 0.25) is 10.0 Å².